The van der Waals surface area contributed by atoms with Gasteiger partial charge in [-0.3, -0.25) is 0 Å². The smallest absolute Gasteiger partial charge is 0.109 e. The van der Waals surface area contributed by atoms with Crippen LogP contribution in [0.3, 0.4) is 0 Å². The fourth-order valence-corrected chi connectivity index (χ4v) is 3.06. The Kier molecular flexibility index (Phi) is 3.67. The van der Waals surface area contributed by atoms with E-state index in [9.17, 15) is 0 Å². The van der Waals surface area contributed by atoms with Gasteiger partial charge in [0.15, 0.2) is 0 Å². The van der Waals surface area contributed by atoms with Crippen molar-refractivity contribution in [3.05, 3.63) is 51.5 Å². The first-order valence-corrected chi connectivity index (χ1v) is 7.78. The second kappa shape index (κ2) is 5.43. The summed E-state index contributed by atoms with van der Waals surface area (Å²) in [4.78, 5) is 5.70. The van der Waals surface area contributed by atoms with Crippen molar-refractivity contribution in [1.29, 1.82) is 0 Å². The zero-order chi connectivity index (χ0) is 13.2. The number of thiazole rings is 1. The van der Waals surface area contributed by atoms with Gasteiger partial charge in [0.05, 0.1) is 6.04 Å². The Morgan fingerprint density at radius 3 is 2.63 bits per heavy atom. The Hall–Kier alpha value is -1.19. The van der Waals surface area contributed by atoms with Crippen molar-refractivity contribution in [3.8, 4) is 0 Å². The van der Waals surface area contributed by atoms with Gasteiger partial charge >= 0.3 is 0 Å². The molecule has 3 rings (SSSR count). The standard InChI is InChI=1S/C16H20N2S/c1-11-9-18-16(19-11)12(2)17-10-13-3-5-14(6-4-13)15-7-8-15/h3-6,9,12,15,17H,7-8,10H2,1-2H3. The predicted molar refractivity (Wildman–Crippen MR) is 80.5 cm³/mol. The SMILES string of the molecule is Cc1cnc(C(C)NCc2ccc(C3CC3)cc2)s1. The first-order valence-electron chi connectivity index (χ1n) is 6.97. The molecule has 100 valence electrons. The van der Waals surface area contributed by atoms with E-state index in [2.05, 4.69) is 48.4 Å². The summed E-state index contributed by atoms with van der Waals surface area (Å²) >= 11 is 1.77. The summed E-state index contributed by atoms with van der Waals surface area (Å²) < 4.78 is 0. The summed E-state index contributed by atoms with van der Waals surface area (Å²) in [5.41, 5.74) is 2.86. The molecule has 1 aliphatic rings. The molecule has 1 aromatic heterocycles. The average Bonchev–Trinajstić information content (AvgIpc) is 3.19. The molecule has 2 nitrogen and oxygen atoms in total. The number of aryl methyl sites for hydroxylation is 1. The molecule has 1 aliphatic carbocycles. The van der Waals surface area contributed by atoms with Crippen LogP contribution < -0.4 is 5.32 Å². The van der Waals surface area contributed by atoms with Gasteiger partial charge in [-0.2, -0.15) is 0 Å². The number of rotatable bonds is 5. The number of nitrogens with one attached hydrogen (secondary N) is 1. The lowest BCUT2D eigenvalue weighted by atomic mass is 10.1. The third-order valence-corrected chi connectivity index (χ3v) is 4.75. The highest BCUT2D eigenvalue weighted by atomic mass is 32.1. The topological polar surface area (TPSA) is 24.9 Å². The van der Waals surface area contributed by atoms with Crippen LogP contribution in [0.25, 0.3) is 0 Å². The number of hydrogen-bond acceptors (Lipinski definition) is 3. The molecule has 0 saturated heterocycles. The van der Waals surface area contributed by atoms with Crippen LogP contribution in [0.4, 0.5) is 0 Å². The highest BCUT2D eigenvalue weighted by Gasteiger charge is 2.22. The second-order valence-corrected chi connectivity index (χ2v) is 6.69. The zero-order valence-corrected chi connectivity index (χ0v) is 12.3. The van der Waals surface area contributed by atoms with Crippen LogP contribution in [0.2, 0.25) is 0 Å². The maximum atomic E-state index is 4.43. The van der Waals surface area contributed by atoms with Crippen molar-refractivity contribution >= 4 is 11.3 Å². The van der Waals surface area contributed by atoms with Crippen molar-refractivity contribution in [1.82, 2.24) is 10.3 Å². The van der Waals surface area contributed by atoms with Crippen LogP contribution in [0.1, 0.15) is 52.7 Å². The minimum atomic E-state index is 0.321. The number of benzene rings is 1. The Bertz CT molecular complexity index is 540. The molecule has 1 N–H and O–H groups in total. The van der Waals surface area contributed by atoms with Gasteiger partial charge in [0.2, 0.25) is 0 Å². The van der Waals surface area contributed by atoms with Crippen LogP contribution in [-0.2, 0) is 6.54 Å². The molecule has 2 aromatic rings. The van der Waals surface area contributed by atoms with Gasteiger partial charge in [-0.15, -0.1) is 11.3 Å². The molecule has 0 bridgehead atoms. The van der Waals surface area contributed by atoms with E-state index >= 15 is 0 Å². The molecule has 1 saturated carbocycles. The molecule has 0 amide bonds. The normalized spacial score (nSPS) is 16.5. The fraction of sp³-hybridized carbons (Fsp3) is 0.438. The Morgan fingerprint density at radius 1 is 1.32 bits per heavy atom. The molecule has 0 aliphatic heterocycles. The Labute approximate surface area is 118 Å². The molecule has 3 heteroatoms. The number of aromatic nitrogens is 1. The Balaban J connectivity index is 1.56. The van der Waals surface area contributed by atoms with Crippen molar-refractivity contribution in [2.45, 2.75) is 45.2 Å². The third-order valence-electron chi connectivity index (χ3n) is 3.65. The summed E-state index contributed by atoms with van der Waals surface area (Å²) in [5.74, 6) is 0.847. The van der Waals surface area contributed by atoms with Crippen LogP contribution in [0.15, 0.2) is 30.5 Å². The highest BCUT2D eigenvalue weighted by molar-refractivity contribution is 7.11. The van der Waals surface area contributed by atoms with Crippen LogP contribution in [-0.4, -0.2) is 4.98 Å². The van der Waals surface area contributed by atoms with E-state index in [0.29, 0.717) is 6.04 Å². The van der Waals surface area contributed by atoms with Gasteiger partial charge in [-0.1, -0.05) is 24.3 Å². The lowest BCUT2D eigenvalue weighted by Gasteiger charge is -2.11. The molecule has 19 heavy (non-hydrogen) atoms. The molecular weight excluding hydrogens is 252 g/mol. The predicted octanol–water partition coefficient (Wildman–Crippen LogP) is 4.18. The summed E-state index contributed by atoms with van der Waals surface area (Å²) in [6, 6.07) is 9.39. The Morgan fingerprint density at radius 2 is 2.05 bits per heavy atom. The van der Waals surface area contributed by atoms with Gasteiger partial charge in [0.25, 0.3) is 0 Å². The van der Waals surface area contributed by atoms with Gasteiger partial charge in [-0.05, 0) is 43.7 Å². The summed E-state index contributed by atoms with van der Waals surface area (Å²) in [5, 5.41) is 4.71. The van der Waals surface area contributed by atoms with E-state index in [-0.39, 0.29) is 0 Å². The maximum absolute atomic E-state index is 4.43. The molecular formula is C16H20N2S. The zero-order valence-electron chi connectivity index (χ0n) is 11.5. The summed E-state index contributed by atoms with van der Waals surface area (Å²) in [7, 11) is 0. The molecule has 1 aromatic carbocycles. The molecule has 0 radical (unpaired) electrons. The van der Waals surface area contributed by atoms with E-state index in [1.807, 2.05) is 6.20 Å². The lowest BCUT2D eigenvalue weighted by molar-refractivity contribution is 0.572. The summed E-state index contributed by atoms with van der Waals surface area (Å²) in [6.07, 6.45) is 4.69. The van der Waals surface area contributed by atoms with Crippen molar-refractivity contribution < 1.29 is 0 Å². The van der Waals surface area contributed by atoms with Gasteiger partial charge < -0.3 is 5.32 Å². The monoisotopic (exact) mass is 272 g/mol. The van der Waals surface area contributed by atoms with E-state index in [0.717, 1.165) is 12.5 Å². The highest BCUT2D eigenvalue weighted by Crippen LogP contribution is 2.39. The fourth-order valence-electron chi connectivity index (χ4n) is 2.25. The van der Waals surface area contributed by atoms with Crippen molar-refractivity contribution in [2.24, 2.45) is 0 Å². The number of hydrogen-bond donors (Lipinski definition) is 1. The van der Waals surface area contributed by atoms with Crippen LogP contribution in [0.5, 0.6) is 0 Å². The number of nitrogens with zero attached hydrogens (tertiary/aromatic N) is 1. The lowest BCUT2D eigenvalue weighted by Crippen LogP contribution is -2.17. The first kappa shape index (κ1) is 12.8. The molecule has 0 spiro atoms. The second-order valence-electron chi connectivity index (χ2n) is 5.43. The van der Waals surface area contributed by atoms with Crippen molar-refractivity contribution in [3.63, 3.8) is 0 Å². The van der Waals surface area contributed by atoms with E-state index in [1.165, 1.54) is 33.9 Å². The largest absolute Gasteiger partial charge is 0.304 e. The quantitative estimate of drug-likeness (QED) is 0.883. The maximum Gasteiger partial charge on any atom is 0.109 e. The van der Waals surface area contributed by atoms with Crippen molar-refractivity contribution in [2.75, 3.05) is 0 Å². The molecule has 1 heterocycles. The van der Waals surface area contributed by atoms with Crippen LogP contribution in [0, 0.1) is 6.92 Å². The van der Waals surface area contributed by atoms with Gasteiger partial charge in [0.1, 0.15) is 5.01 Å². The molecule has 1 unspecified atom stereocenters. The minimum Gasteiger partial charge on any atom is -0.304 e. The summed E-state index contributed by atoms with van der Waals surface area (Å²) in [6.45, 7) is 5.19. The first-order chi connectivity index (χ1) is 9.22. The molecule has 1 fully saturated rings. The van der Waals surface area contributed by atoms with Gasteiger partial charge in [0, 0.05) is 17.6 Å². The van der Waals surface area contributed by atoms with E-state index in [1.54, 1.807) is 11.3 Å². The van der Waals surface area contributed by atoms with Crippen LogP contribution >= 0.6 is 11.3 Å². The van der Waals surface area contributed by atoms with E-state index < -0.39 is 0 Å². The molecule has 1 atom stereocenters. The van der Waals surface area contributed by atoms with Gasteiger partial charge in [-0.25, -0.2) is 4.98 Å². The average molecular weight is 272 g/mol. The minimum absolute atomic E-state index is 0.321. The third kappa shape index (κ3) is 3.23. The van der Waals surface area contributed by atoms with E-state index in [4.69, 9.17) is 0 Å².